The lowest BCUT2D eigenvalue weighted by molar-refractivity contribution is -0.131. The first-order chi connectivity index (χ1) is 9.75. The Morgan fingerprint density at radius 3 is 2.75 bits per heavy atom. The number of carbonyl (C=O) groups is 1. The fraction of sp³-hybridized carbons (Fsp3) is 0.938. The molecule has 2 atom stereocenters. The van der Waals surface area contributed by atoms with E-state index >= 15 is 0 Å². The van der Waals surface area contributed by atoms with Crippen LogP contribution in [0.4, 0.5) is 0 Å². The zero-order chi connectivity index (χ0) is 14.2. The van der Waals surface area contributed by atoms with Crippen LogP contribution in [0.2, 0.25) is 0 Å². The average Bonchev–Trinajstić information content (AvgIpc) is 2.52. The van der Waals surface area contributed by atoms with Crippen LogP contribution in [0, 0.1) is 0 Å². The van der Waals surface area contributed by atoms with Crippen molar-refractivity contribution >= 4 is 5.91 Å². The van der Waals surface area contributed by atoms with E-state index in [4.69, 9.17) is 4.74 Å². The number of amides is 1. The molecule has 0 radical (unpaired) electrons. The van der Waals surface area contributed by atoms with Gasteiger partial charge in [-0.1, -0.05) is 6.42 Å². The van der Waals surface area contributed by atoms with Crippen LogP contribution >= 0.6 is 0 Å². The van der Waals surface area contributed by atoms with Gasteiger partial charge in [-0.25, -0.2) is 0 Å². The minimum Gasteiger partial charge on any atom is -0.378 e. The minimum absolute atomic E-state index is 0.273. The molecule has 116 valence electrons. The molecule has 0 spiro atoms. The van der Waals surface area contributed by atoms with Crippen LogP contribution in [0.1, 0.15) is 57.8 Å². The van der Waals surface area contributed by atoms with Crippen LogP contribution in [0.25, 0.3) is 0 Å². The second-order valence-corrected chi connectivity index (χ2v) is 6.28. The van der Waals surface area contributed by atoms with Gasteiger partial charge in [0, 0.05) is 32.7 Å². The van der Waals surface area contributed by atoms with Crippen LogP contribution in [0.3, 0.4) is 0 Å². The first kappa shape index (κ1) is 15.8. The largest absolute Gasteiger partial charge is 0.378 e. The van der Waals surface area contributed by atoms with Crippen LogP contribution in [0.5, 0.6) is 0 Å². The summed E-state index contributed by atoms with van der Waals surface area (Å²) >= 11 is 0. The molecule has 2 saturated heterocycles. The highest BCUT2D eigenvalue weighted by molar-refractivity contribution is 5.75. The van der Waals surface area contributed by atoms with Gasteiger partial charge < -0.3 is 15.0 Å². The van der Waals surface area contributed by atoms with Crippen LogP contribution in [0.15, 0.2) is 0 Å². The highest BCUT2D eigenvalue weighted by Crippen LogP contribution is 2.17. The molecule has 2 aliphatic heterocycles. The van der Waals surface area contributed by atoms with Gasteiger partial charge in [-0.05, 0) is 51.5 Å². The predicted molar refractivity (Wildman–Crippen MR) is 80.7 cm³/mol. The summed E-state index contributed by atoms with van der Waals surface area (Å²) in [5.41, 5.74) is 0. The Balaban J connectivity index is 1.58. The Kier molecular flexibility index (Phi) is 6.80. The standard InChI is InChI=1S/C16H30N2O2/c1-18(12-10-14-6-2-4-11-17-14)16(19)9-8-15-7-3-5-13-20-15/h14-15,17H,2-13H2,1H3. The number of ether oxygens (including phenoxy) is 1. The molecule has 2 aliphatic rings. The first-order valence-corrected chi connectivity index (χ1v) is 8.34. The summed E-state index contributed by atoms with van der Waals surface area (Å²) in [5.74, 6) is 0.273. The molecular formula is C16H30N2O2. The van der Waals surface area contributed by atoms with E-state index in [0.29, 0.717) is 18.6 Å². The normalized spacial score (nSPS) is 27.2. The van der Waals surface area contributed by atoms with Crippen molar-refractivity contribution in [3.05, 3.63) is 0 Å². The topological polar surface area (TPSA) is 41.6 Å². The van der Waals surface area contributed by atoms with Gasteiger partial charge >= 0.3 is 0 Å². The quantitative estimate of drug-likeness (QED) is 0.813. The zero-order valence-electron chi connectivity index (χ0n) is 12.9. The Morgan fingerprint density at radius 2 is 2.05 bits per heavy atom. The second-order valence-electron chi connectivity index (χ2n) is 6.28. The van der Waals surface area contributed by atoms with Gasteiger partial charge in [-0.2, -0.15) is 0 Å². The molecule has 2 rings (SSSR count). The van der Waals surface area contributed by atoms with E-state index in [2.05, 4.69) is 5.32 Å². The summed E-state index contributed by atoms with van der Waals surface area (Å²) in [6.45, 7) is 2.89. The van der Waals surface area contributed by atoms with Crippen molar-refractivity contribution in [2.75, 3.05) is 26.7 Å². The van der Waals surface area contributed by atoms with Crippen molar-refractivity contribution in [1.82, 2.24) is 10.2 Å². The van der Waals surface area contributed by atoms with E-state index in [-0.39, 0.29) is 5.91 Å². The third kappa shape index (κ3) is 5.41. The van der Waals surface area contributed by atoms with Gasteiger partial charge in [0.05, 0.1) is 6.10 Å². The Bertz CT molecular complexity index is 284. The smallest absolute Gasteiger partial charge is 0.222 e. The maximum Gasteiger partial charge on any atom is 0.222 e. The molecule has 0 aliphatic carbocycles. The zero-order valence-corrected chi connectivity index (χ0v) is 12.9. The van der Waals surface area contributed by atoms with E-state index < -0.39 is 0 Å². The Labute approximate surface area is 123 Å². The van der Waals surface area contributed by atoms with Crippen molar-refractivity contribution in [3.63, 3.8) is 0 Å². The highest BCUT2D eigenvalue weighted by Gasteiger charge is 2.18. The lowest BCUT2D eigenvalue weighted by atomic mass is 10.0. The van der Waals surface area contributed by atoms with Crippen LogP contribution < -0.4 is 5.32 Å². The molecule has 2 heterocycles. The molecule has 2 fully saturated rings. The van der Waals surface area contributed by atoms with Gasteiger partial charge in [0.2, 0.25) is 5.91 Å². The minimum atomic E-state index is 0.273. The third-order valence-electron chi connectivity index (χ3n) is 4.61. The van der Waals surface area contributed by atoms with Crippen molar-refractivity contribution in [1.29, 1.82) is 0 Å². The first-order valence-electron chi connectivity index (χ1n) is 8.34. The SMILES string of the molecule is CN(CCC1CCCCN1)C(=O)CCC1CCCCO1. The lowest BCUT2D eigenvalue weighted by Crippen LogP contribution is -2.38. The van der Waals surface area contributed by atoms with Gasteiger partial charge in [-0.3, -0.25) is 4.79 Å². The molecular weight excluding hydrogens is 252 g/mol. The molecule has 4 heteroatoms. The summed E-state index contributed by atoms with van der Waals surface area (Å²) in [4.78, 5) is 14.0. The number of nitrogens with one attached hydrogen (secondary N) is 1. The van der Waals surface area contributed by atoms with E-state index in [1.807, 2.05) is 11.9 Å². The summed E-state index contributed by atoms with van der Waals surface area (Å²) in [5, 5.41) is 3.54. The predicted octanol–water partition coefficient (Wildman–Crippen LogP) is 2.33. The lowest BCUT2D eigenvalue weighted by Gasteiger charge is -2.27. The molecule has 0 bridgehead atoms. The fourth-order valence-electron chi connectivity index (χ4n) is 3.15. The average molecular weight is 282 g/mol. The Morgan fingerprint density at radius 1 is 1.20 bits per heavy atom. The van der Waals surface area contributed by atoms with Crippen molar-refractivity contribution in [2.24, 2.45) is 0 Å². The highest BCUT2D eigenvalue weighted by atomic mass is 16.5. The summed E-state index contributed by atoms with van der Waals surface area (Å²) in [6, 6.07) is 0.612. The van der Waals surface area contributed by atoms with E-state index in [0.717, 1.165) is 39.0 Å². The van der Waals surface area contributed by atoms with E-state index in [9.17, 15) is 4.79 Å². The maximum atomic E-state index is 12.1. The van der Waals surface area contributed by atoms with Crippen molar-refractivity contribution in [3.8, 4) is 0 Å². The Hall–Kier alpha value is -0.610. The molecule has 0 aromatic rings. The second kappa shape index (κ2) is 8.63. The summed E-state index contributed by atoms with van der Waals surface area (Å²) in [7, 11) is 1.94. The van der Waals surface area contributed by atoms with Gasteiger partial charge in [0.1, 0.15) is 0 Å². The molecule has 0 aromatic carbocycles. The maximum absolute atomic E-state index is 12.1. The molecule has 1 N–H and O–H groups in total. The number of rotatable bonds is 6. The van der Waals surface area contributed by atoms with E-state index in [1.165, 1.54) is 32.1 Å². The summed E-state index contributed by atoms with van der Waals surface area (Å²) < 4.78 is 5.68. The van der Waals surface area contributed by atoms with Crippen molar-refractivity contribution < 1.29 is 9.53 Å². The molecule has 1 amide bonds. The fourth-order valence-corrected chi connectivity index (χ4v) is 3.15. The molecule has 20 heavy (non-hydrogen) atoms. The number of hydrogen-bond donors (Lipinski definition) is 1. The van der Waals surface area contributed by atoms with Gasteiger partial charge in [0.25, 0.3) is 0 Å². The summed E-state index contributed by atoms with van der Waals surface area (Å²) in [6.07, 6.45) is 10.4. The van der Waals surface area contributed by atoms with Gasteiger partial charge in [-0.15, -0.1) is 0 Å². The van der Waals surface area contributed by atoms with E-state index in [1.54, 1.807) is 0 Å². The number of hydrogen-bond acceptors (Lipinski definition) is 3. The van der Waals surface area contributed by atoms with Crippen molar-refractivity contribution in [2.45, 2.75) is 69.9 Å². The molecule has 4 nitrogen and oxygen atoms in total. The number of piperidine rings is 1. The monoisotopic (exact) mass is 282 g/mol. The van der Waals surface area contributed by atoms with Gasteiger partial charge in [0.15, 0.2) is 0 Å². The molecule has 0 saturated carbocycles. The number of carbonyl (C=O) groups excluding carboxylic acids is 1. The molecule has 2 unspecified atom stereocenters. The van der Waals surface area contributed by atoms with Crippen LogP contribution in [-0.2, 0) is 9.53 Å². The third-order valence-corrected chi connectivity index (χ3v) is 4.61. The molecule has 0 aromatic heterocycles. The van der Waals surface area contributed by atoms with Crippen LogP contribution in [-0.4, -0.2) is 49.7 Å². The number of nitrogens with zero attached hydrogens (tertiary/aromatic N) is 1.